The van der Waals surface area contributed by atoms with E-state index in [2.05, 4.69) is 19.3 Å². The molecule has 0 aliphatic rings. The minimum Gasteiger partial charge on any atom is -0.340 e. The van der Waals surface area contributed by atoms with Gasteiger partial charge in [0.25, 0.3) is 10.0 Å². The summed E-state index contributed by atoms with van der Waals surface area (Å²) >= 11 is 12.5. The van der Waals surface area contributed by atoms with E-state index in [1.165, 1.54) is 30.9 Å². The van der Waals surface area contributed by atoms with Gasteiger partial charge < -0.3 is 9.55 Å². The van der Waals surface area contributed by atoms with Gasteiger partial charge in [0.2, 0.25) is 0 Å². The number of hydrogen-bond donors (Lipinski definition) is 1. The second kappa shape index (κ2) is 8.17. The van der Waals surface area contributed by atoms with Crippen LogP contribution >= 0.6 is 23.2 Å². The van der Waals surface area contributed by atoms with E-state index in [1.54, 1.807) is 22.8 Å². The van der Waals surface area contributed by atoms with E-state index in [4.69, 9.17) is 23.2 Å². The van der Waals surface area contributed by atoms with Crippen LogP contribution in [0.3, 0.4) is 0 Å². The Kier molecular flexibility index (Phi) is 5.59. The van der Waals surface area contributed by atoms with Gasteiger partial charge in [0.1, 0.15) is 11.3 Å². The van der Waals surface area contributed by atoms with Crippen LogP contribution in [-0.2, 0) is 22.3 Å². The third-order valence-electron chi connectivity index (χ3n) is 4.29. The Morgan fingerprint density at radius 1 is 1.10 bits per heavy atom. The predicted molar refractivity (Wildman–Crippen MR) is 112 cm³/mol. The average molecular weight is 466 g/mol. The molecule has 0 fully saturated rings. The molecule has 2 aromatic heterocycles. The van der Waals surface area contributed by atoms with E-state index in [9.17, 15) is 12.8 Å². The van der Waals surface area contributed by atoms with Gasteiger partial charge >= 0.3 is 0 Å². The highest BCUT2D eigenvalue weighted by molar-refractivity contribution is 7.89. The van der Waals surface area contributed by atoms with Gasteiger partial charge in [-0.25, -0.2) is 22.8 Å². The Morgan fingerprint density at radius 2 is 1.83 bits per heavy atom. The molecule has 0 saturated heterocycles. The summed E-state index contributed by atoms with van der Waals surface area (Å²) in [4.78, 5) is 11.3. The fourth-order valence-electron chi connectivity index (χ4n) is 2.95. The second-order valence-corrected chi connectivity index (χ2v) is 8.89. The number of fused-ring (bicyclic) bond motifs is 1. The van der Waals surface area contributed by atoms with Crippen molar-refractivity contribution in [2.24, 2.45) is 4.40 Å². The summed E-state index contributed by atoms with van der Waals surface area (Å²) in [5, 5.41) is 0.982. The largest absolute Gasteiger partial charge is 0.340 e. The number of nitrogens with zero attached hydrogens (tertiary/aromatic N) is 4. The van der Waals surface area contributed by atoms with Gasteiger partial charge in [0.05, 0.1) is 25.0 Å². The normalized spacial score (nSPS) is 12.6. The van der Waals surface area contributed by atoms with Gasteiger partial charge in [-0.15, -0.1) is 4.40 Å². The van der Waals surface area contributed by atoms with Crippen LogP contribution in [0.25, 0.3) is 11.2 Å². The minimum atomic E-state index is -3.96. The second-order valence-electron chi connectivity index (χ2n) is 6.44. The summed E-state index contributed by atoms with van der Waals surface area (Å²) in [6.07, 6.45) is 2.83. The third-order valence-corrected chi connectivity index (χ3v) is 6.15. The molecule has 0 bridgehead atoms. The Bertz CT molecular complexity index is 1400. The molecule has 0 spiro atoms. The molecule has 0 atom stereocenters. The highest BCUT2D eigenvalue weighted by atomic mass is 35.5. The van der Waals surface area contributed by atoms with Crippen LogP contribution in [0.5, 0.6) is 0 Å². The van der Waals surface area contributed by atoms with Crippen LogP contribution in [0.2, 0.25) is 10.0 Å². The molecule has 1 N–H and O–H groups in total. The highest BCUT2D eigenvalue weighted by Gasteiger charge is 2.14. The van der Waals surface area contributed by atoms with Crippen molar-refractivity contribution in [3.05, 3.63) is 87.6 Å². The van der Waals surface area contributed by atoms with Crippen molar-refractivity contribution >= 4 is 44.4 Å². The van der Waals surface area contributed by atoms with Gasteiger partial charge in [-0.05, 0) is 29.8 Å². The van der Waals surface area contributed by atoms with E-state index in [0.717, 1.165) is 6.07 Å². The number of imidazole rings is 1. The SMILES string of the molecule is O=S(=O)(Cc1cccc(F)c1)N=c1ncn(Cc2c(Cl)cccc2Cl)c2nc[nH]c12. The summed E-state index contributed by atoms with van der Waals surface area (Å²) in [5.74, 6) is -0.970. The third kappa shape index (κ3) is 4.38. The van der Waals surface area contributed by atoms with Crippen molar-refractivity contribution in [1.82, 2.24) is 19.5 Å². The molecule has 4 aromatic rings. The smallest absolute Gasteiger partial charge is 0.259 e. The standard InChI is InChI=1S/C19H14Cl2FN5O2S/c20-15-5-2-6-16(21)14(15)8-27-11-25-18(17-19(27)24-10-23-17)26-30(28,29)9-12-3-1-4-13(22)7-12/h1-7,10-11H,8-9H2,(H,23,24). The van der Waals surface area contributed by atoms with Gasteiger partial charge in [0, 0.05) is 15.6 Å². The maximum atomic E-state index is 13.3. The van der Waals surface area contributed by atoms with Gasteiger partial charge in [-0.3, -0.25) is 0 Å². The van der Waals surface area contributed by atoms with Crippen LogP contribution in [0.4, 0.5) is 4.39 Å². The first-order valence-corrected chi connectivity index (χ1v) is 11.0. The lowest BCUT2D eigenvalue weighted by atomic mass is 10.2. The molecule has 0 saturated carbocycles. The number of nitrogens with one attached hydrogen (secondary N) is 1. The quantitative estimate of drug-likeness (QED) is 0.486. The molecule has 0 unspecified atom stereocenters. The number of H-pyrrole nitrogens is 1. The number of halogens is 3. The zero-order chi connectivity index (χ0) is 21.3. The van der Waals surface area contributed by atoms with Crippen molar-refractivity contribution in [3.8, 4) is 0 Å². The van der Waals surface area contributed by atoms with Crippen molar-refractivity contribution < 1.29 is 12.8 Å². The van der Waals surface area contributed by atoms with Crippen molar-refractivity contribution in [3.63, 3.8) is 0 Å². The highest BCUT2D eigenvalue weighted by Crippen LogP contribution is 2.25. The maximum absolute atomic E-state index is 13.3. The zero-order valence-corrected chi connectivity index (χ0v) is 17.6. The van der Waals surface area contributed by atoms with E-state index in [-0.39, 0.29) is 12.0 Å². The van der Waals surface area contributed by atoms with Crippen LogP contribution < -0.4 is 5.49 Å². The molecular formula is C19H14Cl2FN5O2S. The number of hydrogen-bond acceptors (Lipinski definition) is 4. The van der Waals surface area contributed by atoms with E-state index >= 15 is 0 Å². The first-order chi connectivity index (χ1) is 14.3. The van der Waals surface area contributed by atoms with Crippen LogP contribution in [0.1, 0.15) is 11.1 Å². The van der Waals surface area contributed by atoms with Gasteiger partial charge in [0.15, 0.2) is 11.1 Å². The number of aromatic amines is 1. The minimum absolute atomic E-state index is 0.0413. The van der Waals surface area contributed by atoms with E-state index in [0.29, 0.717) is 32.3 Å². The molecule has 0 radical (unpaired) electrons. The molecule has 2 heterocycles. The first-order valence-electron chi connectivity index (χ1n) is 8.67. The van der Waals surface area contributed by atoms with E-state index in [1.807, 2.05) is 0 Å². The lowest BCUT2D eigenvalue weighted by Crippen LogP contribution is -2.18. The van der Waals surface area contributed by atoms with Crippen molar-refractivity contribution in [1.29, 1.82) is 0 Å². The number of rotatable bonds is 5. The fraction of sp³-hybridized carbons (Fsp3) is 0.105. The van der Waals surface area contributed by atoms with Crippen LogP contribution in [0, 0.1) is 5.82 Å². The molecule has 7 nitrogen and oxygen atoms in total. The molecule has 154 valence electrons. The van der Waals surface area contributed by atoms with Crippen molar-refractivity contribution in [2.75, 3.05) is 0 Å². The zero-order valence-electron chi connectivity index (χ0n) is 15.3. The molecule has 11 heteroatoms. The van der Waals surface area contributed by atoms with E-state index < -0.39 is 21.6 Å². The van der Waals surface area contributed by atoms with Gasteiger partial charge in [-0.1, -0.05) is 41.4 Å². The summed E-state index contributed by atoms with van der Waals surface area (Å²) in [7, 11) is -3.96. The number of benzene rings is 2. The van der Waals surface area contributed by atoms with Gasteiger partial charge in [-0.2, -0.15) is 0 Å². The maximum Gasteiger partial charge on any atom is 0.259 e. The fourth-order valence-corrected chi connectivity index (χ4v) is 4.54. The van der Waals surface area contributed by atoms with Crippen LogP contribution in [-0.4, -0.2) is 27.9 Å². The monoisotopic (exact) mass is 465 g/mol. The molecule has 30 heavy (non-hydrogen) atoms. The molecular weight excluding hydrogens is 452 g/mol. The van der Waals surface area contributed by atoms with Crippen molar-refractivity contribution in [2.45, 2.75) is 12.3 Å². The Labute approximate surface area is 180 Å². The Morgan fingerprint density at radius 3 is 2.57 bits per heavy atom. The molecule has 2 aromatic carbocycles. The summed E-state index contributed by atoms with van der Waals surface area (Å²) in [6, 6.07) is 10.5. The summed E-state index contributed by atoms with van der Waals surface area (Å²) in [5.41, 5.74) is 1.70. The summed E-state index contributed by atoms with van der Waals surface area (Å²) in [6.45, 7) is 0.281. The lowest BCUT2D eigenvalue weighted by Gasteiger charge is -2.10. The average Bonchev–Trinajstić information content (AvgIpc) is 3.16. The Balaban J connectivity index is 1.73. The lowest BCUT2D eigenvalue weighted by molar-refractivity contribution is 0.595. The van der Waals surface area contributed by atoms with Crippen LogP contribution in [0.15, 0.2) is 59.5 Å². The molecule has 0 aliphatic carbocycles. The molecule has 0 aliphatic heterocycles. The Hall–Kier alpha value is -2.75. The number of sulfonamides is 1. The molecule has 0 amide bonds. The first kappa shape index (κ1) is 20.5. The summed E-state index contributed by atoms with van der Waals surface area (Å²) < 4.78 is 43.8. The molecule has 4 rings (SSSR count). The predicted octanol–water partition coefficient (Wildman–Crippen LogP) is 3.68. The topological polar surface area (TPSA) is 93.0 Å². The number of aromatic nitrogens is 4.